The minimum absolute atomic E-state index is 0.804. The normalized spacial score (nSPS) is 18.3. The summed E-state index contributed by atoms with van der Waals surface area (Å²) >= 11 is 0. The SMILES string of the molecule is CCCCCCCC(CCC1CCCCC1)NCCC. The molecule has 1 fully saturated rings. The van der Waals surface area contributed by atoms with E-state index in [9.17, 15) is 0 Å². The average molecular weight is 282 g/mol. The monoisotopic (exact) mass is 281 g/mol. The van der Waals surface area contributed by atoms with Crippen molar-refractivity contribution in [3.05, 3.63) is 0 Å². The van der Waals surface area contributed by atoms with Crippen LogP contribution >= 0.6 is 0 Å². The van der Waals surface area contributed by atoms with Crippen LogP contribution in [0, 0.1) is 5.92 Å². The van der Waals surface area contributed by atoms with Crippen molar-refractivity contribution >= 4 is 0 Å². The zero-order valence-corrected chi connectivity index (χ0v) is 14.3. The highest BCUT2D eigenvalue weighted by atomic mass is 14.9. The molecule has 0 bridgehead atoms. The van der Waals surface area contributed by atoms with Crippen LogP contribution in [0.5, 0.6) is 0 Å². The summed E-state index contributed by atoms with van der Waals surface area (Å²) in [5, 5.41) is 3.80. The minimum atomic E-state index is 0.804. The fourth-order valence-electron chi connectivity index (χ4n) is 3.60. The summed E-state index contributed by atoms with van der Waals surface area (Å²) in [6.45, 7) is 5.80. The van der Waals surface area contributed by atoms with Crippen molar-refractivity contribution in [2.24, 2.45) is 5.92 Å². The maximum Gasteiger partial charge on any atom is 0.00671 e. The van der Waals surface area contributed by atoms with Crippen molar-refractivity contribution in [3.63, 3.8) is 0 Å². The van der Waals surface area contributed by atoms with E-state index in [0.29, 0.717) is 0 Å². The van der Waals surface area contributed by atoms with Crippen LogP contribution in [-0.2, 0) is 0 Å². The van der Waals surface area contributed by atoms with Crippen molar-refractivity contribution in [3.8, 4) is 0 Å². The van der Waals surface area contributed by atoms with Gasteiger partial charge in [-0.05, 0) is 38.1 Å². The summed E-state index contributed by atoms with van der Waals surface area (Å²) in [6, 6.07) is 0.804. The third-order valence-corrected chi connectivity index (χ3v) is 4.99. The second-order valence-corrected chi connectivity index (χ2v) is 6.94. The molecule has 1 aliphatic carbocycles. The van der Waals surface area contributed by atoms with Gasteiger partial charge >= 0.3 is 0 Å². The van der Waals surface area contributed by atoms with Crippen molar-refractivity contribution in [2.45, 2.75) is 110 Å². The molecule has 0 spiro atoms. The zero-order valence-electron chi connectivity index (χ0n) is 14.3. The van der Waals surface area contributed by atoms with E-state index in [2.05, 4.69) is 19.2 Å². The van der Waals surface area contributed by atoms with Crippen molar-refractivity contribution in [1.29, 1.82) is 0 Å². The van der Waals surface area contributed by atoms with Gasteiger partial charge in [-0.25, -0.2) is 0 Å². The van der Waals surface area contributed by atoms with Gasteiger partial charge in [0.15, 0.2) is 0 Å². The third-order valence-electron chi connectivity index (χ3n) is 4.99. The van der Waals surface area contributed by atoms with Crippen molar-refractivity contribution in [2.75, 3.05) is 6.54 Å². The largest absolute Gasteiger partial charge is 0.314 e. The molecule has 20 heavy (non-hydrogen) atoms. The molecule has 0 aromatic carbocycles. The molecule has 0 aliphatic heterocycles. The van der Waals surface area contributed by atoms with E-state index in [-0.39, 0.29) is 0 Å². The van der Waals surface area contributed by atoms with Gasteiger partial charge in [0.2, 0.25) is 0 Å². The Balaban J connectivity index is 2.13. The van der Waals surface area contributed by atoms with Crippen LogP contribution < -0.4 is 5.32 Å². The number of unbranched alkanes of at least 4 members (excludes halogenated alkanes) is 4. The predicted molar refractivity (Wildman–Crippen MR) is 91.3 cm³/mol. The number of nitrogens with one attached hydrogen (secondary N) is 1. The minimum Gasteiger partial charge on any atom is -0.314 e. The number of hydrogen-bond acceptors (Lipinski definition) is 1. The Labute approximate surface area is 128 Å². The second kappa shape index (κ2) is 12.7. The molecular formula is C19H39N. The molecule has 0 heterocycles. The van der Waals surface area contributed by atoms with Gasteiger partial charge in [-0.1, -0.05) is 78.1 Å². The van der Waals surface area contributed by atoms with E-state index in [0.717, 1.165) is 12.0 Å². The van der Waals surface area contributed by atoms with Crippen LogP contribution in [0.25, 0.3) is 0 Å². The van der Waals surface area contributed by atoms with Gasteiger partial charge in [-0.2, -0.15) is 0 Å². The summed E-state index contributed by atoms with van der Waals surface area (Å²) in [4.78, 5) is 0. The zero-order chi connectivity index (χ0) is 14.5. The molecule has 0 aromatic heterocycles. The van der Waals surface area contributed by atoms with Crippen LogP contribution in [0.2, 0.25) is 0 Å². The number of hydrogen-bond donors (Lipinski definition) is 1. The highest BCUT2D eigenvalue weighted by molar-refractivity contribution is 4.72. The van der Waals surface area contributed by atoms with Gasteiger partial charge in [-0.15, -0.1) is 0 Å². The Morgan fingerprint density at radius 1 is 0.850 bits per heavy atom. The van der Waals surface area contributed by atoms with Gasteiger partial charge in [-0.3, -0.25) is 0 Å². The summed E-state index contributed by atoms with van der Waals surface area (Å²) in [5.74, 6) is 1.05. The van der Waals surface area contributed by atoms with Crippen molar-refractivity contribution < 1.29 is 0 Å². The Bertz CT molecular complexity index is 196. The number of rotatable bonds is 12. The molecule has 1 saturated carbocycles. The Morgan fingerprint density at radius 2 is 1.60 bits per heavy atom. The predicted octanol–water partition coefficient (Wildman–Crippen LogP) is 6.08. The molecular weight excluding hydrogens is 242 g/mol. The summed E-state index contributed by atoms with van der Waals surface area (Å²) in [7, 11) is 0. The molecule has 1 nitrogen and oxygen atoms in total. The molecule has 1 N–H and O–H groups in total. The van der Waals surface area contributed by atoms with Crippen molar-refractivity contribution in [1.82, 2.24) is 5.32 Å². The summed E-state index contributed by atoms with van der Waals surface area (Å²) in [6.07, 6.45) is 20.2. The van der Waals surface area contributed by atoms with E-state index in [1.807, 2.05) is 0 Å². The summed E-state index contributed by atoms with van der Waals surface area (Å²) < 4.78 is 0. The molecule has 0 amide bonds. The van der Waals surface area contributed by atoms with Gasteiger partial charge in [0.25, 0.3) is 0 Å². The molecule has 1 rings (SSSR count). The first-order chi connectivity index (χ1) is 9.86. The topological polar surface area (TPSA) is 12.0 Å². The smallest absolute Gasteiger partial charge is 0.00671 e. The lowest BCUT2D eigenvalue weighted by atomic mass is 9.84. The standard InChI is InChI=1S/C19H39N/c1-3-5-6-7-11-14-19(20-17-4-2)16-15-18-12-9-8-10-13-18/h18-20H,3-17H2,1-2H3. The van der Waals surface area contributed by atoms with Crippen LogP contribution in [-0.4, -0.2) is 12.6 Å². The molecule has 0 aromatic rings. The fraction of sp³-hybridized carbons (Fsp3) is 1.00. The van der Waals surface area contributed by atoms with Gasteiger partial charge < -0.3 is 5.32 Å². The second-order valence-electron chi connectivity index (χ2n) is 6.94. The van der Waals surface area contributed by atoms with Gasteiger partial charge in [0.05, 0.1) is 0 Å². The van der Waals surface area contributed by atoms with E-state index in [1.165, 1.54) is 96.4 Å². The first kappa shape index (κ1) is 18.0. The molecule has 0 saturated heterocycles. The Morgan fingerprint density at radius 3 is 2.30 bits per heavy atom. The third kappa shape index (κ3) is 9.00. The van der Waals surface area contributed by atoms with E-state index in [1.54, 1.807) is 0 Å². The summed E-state index contributed by atoms with van der Waals surface area (Å²) in [5.41, 5.74) is 0. The Kier molecular flexibility index (Phi) is 11.4. The quantitative estimate of drug-likeness (QED) is 0.428. The lowest BCUT2D eigenvalue weighted by Crippen LogP contribution is -2.30. The van der Waals surface area contributed by atoms with E-state index in [4.69, 9.17) is 0 Å². The molecule has 0 radical (unpaired) electrons. The maximum absolute atomic E-state index is 3.80. The van der Waals surface area contributed by atoms with Gasteiger partial charge in [0, 0.05) is 6.04 Å². The molecule has 120 valence electrons. The highest BCUT2D eigenvalue weighted by Gasteiger charge is 2.15. The van der Waals surface area contributed by atoms with Crippen LogP contribution in [0.15, 0.2) is 0 Å². The van der Waals surface area contributed by atoms with Crippen LogP contribution in [0.3, 0.4) is 0 Å². The maximum atomic E-state index is 3.80. The van der Waals surface area contributed by atoms with E-state index >= 15 is 0 Å². The van der Waals surface area contributed by atoms with Crippen LogP contribution in [0.1, 0.15) is 104 Å². The highest BCUT2D eigenvalue weighted by Crippen LogP contribution is 2.28. The van der Waals surface area contributed by atoms with Crippen LogP contribution in [0.4, 0.5) is 0 Å². The van der Waals surface area contributed by atoms with Gasteiger partial charge in [0.1, 0.15) is 0 Å². The lowest BCUT2D eigenvalue weighted by molar-refractivity contribution is 0.306. The molecule has 1 unspecified atom stereocenters. The average Bonchev–Trinajstić information content (AvgIpc) is 2.50. The molecule has 1 aliphatic rings. The first-order valence-corrected chi connectivity index (χ1v) is 9.60. The Hall–Kier alpha value is -0.0400. The fourth-order valence-corrected chi connectivity index (χ4v) is 3.60. The lowest BCUT2D eigenvalue weighted by Gasteiger charge is -2.25. The first-order valence-electron chi connectivity index (χ1n) is 9.60. The molecule has 1 atom stereocenters. The van der Waals surface area contributed by atoms with E-state index < -0.39 is 0 Å². The molecule has 1 heteroatoms.